The molecule has 0 aliphatic carbocycles. The van der Waals surface area contributed by atoms with Gasteiger partial charge in [-0.1, -0.05) is 23.7 Å². The van der Waals surface area contributed by atoms with E-state index in [1.165, 1.54) is 22.8 Å². The topological polar surface area (TPSA) is 67.3 Å². The first-order valence-electron chi connectivity index (χ1n) is 7.65. The van der Waals surface area contributed by atoms with Crippen LogP contribution in [0.1, 0.15) is 18.4 Å². The Morgan fingerprint density at radius 3 is 2.62 bits per heavy atom. The van der Waals surface area contributed by atoms with E-state index in [0.29, 0.717) is 11.4 Å². The average Bonchev–Trinajstić information content (AvgIpc) is 2.58. The van der Waals surface area contributed by atoms with Crippen LogP contribution in [0.3, 0.4) is 0 Å². The first kappa shape index (κ1) is 17.1. The lowest BCUT2D eigenvalue weighted by Gasteiger charge is -2.34. The number of nitrogens with zero attached hydrogens (tertiary/aromatic N) is 2. The molecule has 1 aliphatic rings. The lowest BCUT2D eigenvalue weighted by atomic mass is 9.97. The molecule has 2 aromatic rings. The SMILES string of the molecule is O=C1CCN(S(=O)(=O)c2cccnc2)C(Cc2ccc(Cl)cc2)C1. The Kier molecular flexibility index (Phi) is 4.99. The van der Waals surface area contributed by atoms with Gasteiger partial charge in [0.2, 0.25) is 10.0 Å². The van der Waals surface area contributed by atoms with Crippen LogP contribution in [-0.2, 0) is 21.2 Å². The summed E-state index contributed by atoms with van der Waals surface area (Å²) in [7, 11) is -3.67. The highest BCUT2D eigenvalue weighted by atomic mass is 35.5. The highest BCUT2D eigenvalue weighted by molar-refractivity contribution is 7.89. The van der Waals surface area contributed by atoms with E-state index in [2.05, 4.69) is 4.98 Å². The molecule has 0 amide bonds. The Morgan fingerprint density at radius 2 is 1.96 bits per heavy atom. The first-order valence-corrected chi connectivity index (χ1v) is 9.46. The normalized spacial score (nSPS) is 19.4. The summed E-state index contributed by atoms with van der Waals surface area (Å²) in [6, 6.07) is 9.97. The van der Waals surface area contributed by atoms with Gasteiger partial charge in [0.25, 0.3) is 0 Å². The van der Waals surface area contributed by atoms with Crippen LogP contribution in [0, 0.1) is 0 Å². The molecule has 24 heavy (non-hydrogen) atoms. The monoisotopic (exact) mass is 364 g/mol. The van der Waals surface area contributed by atoms with Crippen molar-refractivity contribution in [2.24, 2.45) is 0 Å². The third kappa shape index (κ3) is 3.66. The van der Waals surface area contributed by atoms with E-state index in [9.17, 15) is 13.2 Å². The Labute approximate surface area is 146 Å². The van der Waals surface area contributed by atoms with Gasteiger partial charge in [-0.2, -0.15) is 4.31 Å². The molecule has 0 N–H and O–H groups in total. The van der Waals surface area contributed by atoms with Gasteiger partial charge >= 0.3 is 0 Å². The van der Waals surface area contributed by atoms with E-state index in [1.807, 2.05) is 12.1 Å². The second-order valence-corrected chi connectivity index (χ2v) is 8.11. The second kappa shape index (κ2) is 7.01. The Hall–Kier alpha value is -1.76. The minimum atomic E-state index is -3.67. The van der Waals surface area contributed by atoms with E-state index >= 15 is 0 Å². The maximum atomic E-state index is 12.9. The molecule has 5 nitrogen and oxygen atoms in total. The molecule has 7 heteroatoms. The molecular weight excluding hydrogens is 348 g/mol. The van der Waals surface area contributed by atoms with Crippen molar-refractivity contribution >= 4 is 27.4 Å². The van der Waals surface area contributed by atoms with E-state index in [0.717, 1.165) is 5.56 Å². The minimum Gasteiger partial charge on any atom is -0.300 e. The first-order chi connectivity index (χ1) is 11.5. The molecule has 1 unspecified atom stereocenters. The number of sulfonamides is 1. The number of Topliss-reactive ketones (excluding diaryl/α,β-unsaturated/α-hetero) is 1. The van der Waals surface area contributed by atoms with Crippen molar-refractivity contribution in [3.05, 3.63) is 59.4 Å². The smallest absolute Gasteiger partial charge is 0.244 e. The minimum absolute atomic E-state index is 0.0894. The van der Waals surface area contributed by atoms with Gasteiger partial charge in [-0.3, -0.25) is 9.78 Å². The molecule has 1 aromatic heterocycles. The molecule has 0 radical (unpaired) electrons. The lowest BCUT2D eigenvalue weighted by Crippen LogP contribution is -2.47. The summed E-state index contributed by atoms with van der Waals surface area (Å²) in [4.78, 5) is 15.9. The molecule has 3 rings (SSSR count). The summed E-state index contributed by atoms with van der Waals surface area (Å²) >= 11 is 5.89. The number of pyridine rings is 1. The number of hydrogen-bond acceptors (Lipinski definition) is 4. The molecule has 1 atom stereocenters. The number of aromatic nitrogens is 1. The van der Waals surface area contributed by atoms with E-state index in [4.69, 9.17) is 11.6 Å². The highest BCUT2D eigenvalue weighted by Crippen LogP contribution is 2.26. The van der Waals surface area contributed by atoms with Crippen LogP contribution >= 0.6 is 11.6 Å². The zero-order valence-electron chi connectivity index (χ0n) is 12.9. The van der Waals surface area contributed by atoms with Gasteiger partial charge in [0.05, 0.1) is 0 Å². The number of piperidine rings is 1. The van der Waals surface area contributed by atoms with Crippen molar-refractivity contribution in [1.29, 1.82) is 0 Å². The van der Waals surface area contributed by atoms with Crippen LogP contribution < -0.4 is 0 Å². The summed E-state index contributed by atoms with van der Waals surface area (Å²) in [6.45, 7) is 0.203. The fourth-order valence-corrected chi connectivity index (χ4v) is 4.62. The fraction of sp³-hybridized carbons (Fsp3) is 0.294. The van der Waals surface area contributed by atoms with Gasteiger partial charge in [-0.05, 0) is 36.2 Å². The predicted molar refractivity (Wildman–Crippen MR) is 91.3 cm³/mol. The zero-order valence-corrected chi connectivity index (χ0v) is 14.5. The van der Waals surface area contributed by atoms with Crippen LogP contribution in [-0.4, -0.2) is 36.1 Å². The average molecular weight is 365 g/mol. The fourth-order valence-electron chi connectivity index (χ4n) is 2.90. The maximum Gasteiger partial charge on any atom is 0.244 e. The van der Waals surface area contributed by atoms with E-state index in [-0.39, 0.29) is 30.1 Å². The molecule has 1 saturated heterocycles. The Bertz CT molecular complexity index is 823. The number of ketones is 1. The summed E-state index contributed by atoms with van der Waals surface area (Å²) < 4.78 is 27.2. The van der Waals surface area contributed by atoms with Crippen molar-refractivity contribution < 1.29 is 13.2 Å². The van der Waals surface area contributed by atoms with Crippen molar-refractivity contribution in [2.75, 3.05) is 6.54 Å². The van der Waals surface area contributed by atoms with Crippen LogP contribution in [0.4, 0.5) is 0 Å². The number of carbonyl (C=O) groups excluding carboxylic acids is 1. The molecule has 1 aliphatic heterocycles. The molecule has 0 spiro atoms. The van der Waals surface area contributed by atoms with Gasteiger partial charge < -0.3 is 0 Å². The lowest BCUT2D eigenvalue weighted by molar-refractivity contribution is -0.121. The van der Waals surface area contributed by atoms with Gasteiger partial charge in [-0.25, -0.2) is 8.42 Å². The molecule has 126 valence electrons. The number of carbonyl (C=O) groups is 1. The summed E-state index contributed by atoms with van der Waals surface area (Å²) in [5.41, 5.74) is 0.950. The third-order valence-electron chi connectivity index (χ3n) is 4.11. The Balaban J connectivity index is 1.89. The molecule has 2 heterocycles. The second-order valence-electron chi connectivity index (χ2n) is 5.78. The number of hydrogen-bond donors (Lipinski definition) is 0. The van der Waals surface area contributed by atoms with Gasteiger partial charge in [0.1, 0.15) is 10.7 Å². The summed E-state index contributed by atoms with van der Waals surface area (Å²) in [6.07, 6.45) is 3.82. The molecule has 0 saturated carbocycles. The quantitative estimate of drug-likeness (QED) is 0.836. The van der Waals surface area contributed by atoms with Crippen LogP contribution in [0.5, 0.6) is 0 Å². The number of rotatable bonds is 4. The van der Waals surface area contributed by atoms with Gasteiger partial charge in [0, 0.05) is 42.8 Å². The van der Waals surface area contributed by atoms with Gasteiger partial charge in [-0.15, -0.1) is 0 Å². The van der Waals surface area contributed by atoms with E-state index in [1.54, 1.807) is 18.2 Å². The molecule has 1 fully saturated rings. The third-order valence-corrected chi connectivity index (χ3v) is 6.29. The van der Waals surface area contributed by atoms with Crippen molar-refractivity contribution in [2.45, 2.75) is 30.2 Å². The van der Waals surface area contributed by atoms with Crippen LogP contribution in [0.2, 0.25) is 5.02 Å². The van der Waals surface area contributed by atoms with Crippen LogP contribution in [0.25, 0.3) is 0 Å². The van der Waals surface area contributed by atoms with E-state index < -0.39 is 16.1 Å². The summed E-state index contributed by atoms with van der Waals surface area (Å²) in [5.74, 6) is 0.0894. The summed E-state index contributed by atoms with van der Waals surface area (Å²) in [5, 5.41) is 0.623. The highest BCUT2D eigenvalue weighted by Gasteiger charge is 2.36. The maximum absolute atomic E-state index is 12.9. The van der Waals surface area contributed by atoms with Crippen molar-refractivity contribution in [1.82, 2.24) is 9.29 Å². The van der Waals surface area contributed by atoms with Gasteiger partial charge in [0.15, 0.2) is 0 Å². The zero-order chi connectivity index (χ0) is 17.2. The molecular formula is C17H17ClN2O3S. The standard InChI is InChI=1S/C17H17ClN2O3S/c18-14-5-3-13(4-6-14)10-15-11-16(21)7-9-20(15)24(22,23)17-2-1-8-19-12-17/h1-6,8,12,15H,7,9-11H2. The molecule has 0 bridgehead atoms. The van der Waals surface area contributed by atoms with Crippen LogP contribution in [0.15, 0.2) is 53.7 Å². The molecule has 1 aromatic carbocycles. The predicted octanol–water partition coefficient (Wildman–Crippen LogP) is 2.70. The largest absolute Gasteiger partial charge is 0.300 e. The van der Waals surface area contributed by atoms with Crippen molar-refractivity contribution in [3.63, 3.8) is 0 Å². The number of benzene rings is 1. The number of halogens is 1. The van der Waals surface area contributed by atoms with Crippen molar-refractivity contribution in [3.8, 4) is 0 Å². The Morgan fingerprint density at radius 1 is 1.21 bits per heavy atom.